The van der Waals surface area contributed by atoms with Crippen molar-refractivity contribution in [3.8, 4) is 0 Å². The monoisotopic (exact) mass is 326 g/mol. The van der Waals surface area contributed by atoms with Crippen LogP contribution in [0.1, 0.15) is 27.1 Å². The summed E-state index contributed by atoms with van der Waals surface area (Å²) in [6.07, 6.45) is 1.84. The number of nitrogens with zero attached hydrogens (tertiary/aromatic N) is 2. The minimum absolute atomic E-state index is 0.208. The Balaban J connectivity index is 2.00. The molecule has 1 aliphatic rings. The van der Waals surface area contributed by atoms with Crippen molar-refractivity contribution >= 4 is 38.4 Å². The van der Waals surface area contributed by atoms with Crippen LogP contribution in [0.25, 0.3) is 0 Å². The number of hydrogen-bond donors (Lipinski definition) is 0. The van der Waals surface area contributed by atoms with Crippen LogP contribution in [-0.4, -0.2) is 24.8 Å². The first-order chi connectivity index (χ1) is 9.45. The molecular weight excluding hydrogens is 312 g/mol. The van der Waals surface area contributed by atoms with Gasteiger partial charge in [0.25, 0.3) is 0 Å². The quantitative estimate of drug-likeness (QED) is 0.869. The molecule has 0 unspecified atom stereocenters. The van der Waals surface area contributed by atoms with Crippen molar-refractivity contribution in [1.29, 1.82) is 0 Å². The summed E-state index contributed by atoms with van der Waals surface area (Å²) < 4.78 is 25.2. The van der Waals surface area contributed by atoms with E-state index >= 15 is 0 Å². The molecule has 0 aromatic carbocycles. The lowest BCUT2D eigenvalue weighted by atomic mass is 10.1. The molecule has 1 atom stereocenters. The van der Waals surface area contributed by atoms with Gasteiger partial charge in [-0.2, -0.15) is 9.52 Å². The fraction of sp³-hybridized carbons (Fsp3) is 0.308. The lowest BCUT2D eigenvalue weighted by Gasteiger charge is -2.19. The number of hydrogen-bond acceptors (Lipinski definition) is 5. The summed E-state index contributed by atoms with van der Waals surface area (Å²) in [7, 11) is -3.36. The Labute approximate surface area is 126 Å². The summed E-state index contributed by atoms with van der Waals surface area (Å²) in [6, 6.07) is 7.74. The normalized spacial score (nSPS) is 19.4. The molecule has 0 spiro atoms. The maximum absolute atomic E-state index is 12.0. The molecule has 1 aliphatic heterocycles. The Morgan fingerprint density at radius 2 is 2.15 bits per heavy atom. The summed E-state index contributed by atoms with van der Waals surface area (Å²) >= 11 is 3.21. The maximum atomic E-state index is 12.0. The smallest absolute Gasteiger partial charge is 0.205 e. The summed E-state index contributed by atoms with van der Waals surface area (Å²) in [5.74, 6) is 0. The van der Waals surface area contributed by atoms with Gasteiger partial charge < -0.3 is 0 Å². The Morgan fingerprint density at radius 3 is 2.70 bits per heavy atom. The number of thiophene rings is 2. The summed E-state index contributed by atoms with van der Waals surface area (Å²) in [4.78, 5) is 3.26. The molecule has 0 bridgehead atoms. The van der Waals surface area contributed by atoms with Gasteiger partial charge in [-0.3, -0.25) is 0 Å². The fourth-order valence-corrected chi connectivity index (χ4v) is 4.88. The summed E-state index contributed by atoms with van der Waals surface area (Å²) in [6.45, 7) is 2.02. The third kappa shape index (κ3) is 2.53. The van der Waals surface area contributed by atoms with Crippen LogP contribution in [0.15, 0.2) is 34.7 Å². The van der Waals surface area contributed by atoms with Gasteiger partial charge in [0.15, 0.2) is 0 Å². The molecule has 0 aliphatic carbocycles. The predicted octanol–water partition coefficient (Wildman–Crippen LogP) is 3.23. The van der Waals surface area contributed by atoms with Crippen LogP contribution < -0.4 is 0 Å². The topological polar surface area (TPSA) is 49.7 Å². The summed E-state index contributed by atoms with van der Waals surface area (Å²) in [5.41, 5.74) is 0.849. The Kier molecular flexibility index (Phi) is 3.43. The number of aryl methyl sites for hydroxylation is 1. The predicted molar refractivity (Wildman–Crippen MR) is 84.0 cm³/mol. The first kappa shape index (κ1) is 13.8. The van der Waals surface area contributed by atoms with E-state index in [1.165, 1.54) is 15.5 Å². The van der Waals surface area contributed by atoms with Crippen molar-refractivity contribution in [2.45, 2.75) is 19.4 Å². The third-order valence-corrected chi connectivity index (χ3v) is 6.14. The largest absolute Gasteiger partial charge is 0.247 e. The number of sulfonamides is 1. The molecule has 20 heavy (non-hydrogen) atoms. The zero-order chi connectivity index (χ0) is 14.3. The Bertz CT molecular complexity index is 744. The van der Waals surface area contributed by atoms with Gasteiger partial charge in [0.05, 0.1) is 16.8 Å². The van der Waals surface area contributed by atoms with E-state index in [-0.39, 0.29) is 6.04 Å². The maximum Gasteiger partial charge on any atom is 0.247 e. The Morgan fingerprint density at radius 1 is 1.35 bits per heavy atom. The van der Waals surface area contributed by atoms with Crippen LogP contribution in [0.4, 0.5) is 0 Å². The fourth-order valence-electron chi connectivity index (χ4n) is 2.23. The number of hydrazone groups is 1. The van der Waals surface area contributed by atoms with Gasteiger partial charge in [-0.25, -0.2) is 8.42 Å². The van der Waals surface area contributed by atoms with Crippen LogP contribution in [0.2, 0.25) is 0 Å². The lowest BCUT2D eigenvalue weighted by molar-refractivity contribution is 0.379. The van der Waals surface area contributed by atoms with E-state index in [2.05, 4.69) is 5.10 Å². The SMILES string of the molecule is Cc1ccc([C@@H]2CC(c3cccs3)=NN2S(C)(=O)=O)s1. The van der Waals surface area contributed by atoms with E-state index in [4.69, 9.17) is 0 Å². The van der Waals surface area contributed by atoms with E-state index < -0.39 is 10.0 Å². The average molecular weight is 326 g/mol. The molecule has 2 aromatic rings. The van der Waals surface area contributed by atoms with Crippen molar-refractivity contribution in [2.24, 2.45) is 5.10 Å². The number of rotatable bonds is 3. The van der Waals surface area contributed by atoms with Gasteiger partial charge >= 0.3 is 0 Å². The second kappa shape index (κ2) is 4.98. The van der Waals surface area contributed by atoms with Crippen molar-refractivity contribution < 1.29 is 8.42 Å². The first-order valence-corrected chi connectivity index (χ1v) is 9.66. The highest BCUT2D eigenvalue weighted by molar-refractivity contribution is 7.88. The van der Waals surface area contributed by atoms with Crippen molar-refractivity contribution in [3.63, 3.8) is 0 Å². The standard InChI is InChI=1S/C13H14N2O2S3/c1-9-5-6-13(19-9)11-8-10(12-4-3-7-18-12)14-15(11)20(2,16)17/h3-7,11H,8H2,1-2H3/t11-/m0/s1. The van der Waals surface area contributed by atoms with E-state index in [9.17, 15) is 8.42 Å². The first-order valence-electron chi connectivity index (χ1n) is 6.12. The molecule has 0 radical (unpaired) electrons. The van der Waals surface area contributed by atoms with E-state index in [0.29, 0.717) is 6.42 Å². The van der Waals surface area contributed by atoms with Crippen LogP contribution in [0.5, 0.6) is 0 Å². The molecule has 4 nitrogen and oxygen atoms in total. The molecule has 0 N–H and O–H groups in total. The van der Waals surface area contributed by atoms with Crippen molar-refractivity contribution in [3.05, 3.63) is 44.3 Å². The minimum atomic E-state index is -3.36. The third-order valence-electron chi connectivity index (χ3n) is 3.11. The molecule has 0 saturated heterocycles. The van der Waals surface area contributed by atoms with Crippen LogP contribution in [0, 0.1) is 6.92 Å². The van der Waals surface area contributed by atoms with Crippen molar-refractivity contribution in [2.75, 3.05) is 6.26 Å². The molecule has 3 rings (SSSR count). The molecule has 3 heterocycles. The van der Waals surface area contributed by atoms with Gasteiger partial charge in [0, 0.05) is 16.2 Å². The van der Waals surface area contributed by atoms with Crippen LogP contribution in [0.3, 0.4) is 0 Å². The van der Waals surface area contributed by atoms with E-state index in [0.717, 1.165) is 15.5 Å². The zero-order valence-electron chi connectivity index (χ0n) is 11.1. The lowest BCUT2D eigenvalue weighted by Crippen LogP contribution is -2.25. The van der Waals surface area contributed by atoms with Gasteiger partial charge in [0.2, 0.25) is 10.0 Å². The minimum Gasteiger partial charge on any atom is -0.205 e. The molecular formula is C13H14N2O2S3. The molecule has 106 valence electrons. The molecule has 7 heteroatoms. The zero-order valence-corrected chi connectivity index (χ0v) is 13.6. The molecule has 0 amide bonds. The van der Waals surface area contributed by atoms with E-state index in [1.807, 2.05) is 36.6 Å². The second-order valence-electron chi connectivity index (χ2n) is 4.73. The highest BCUT2D eigenvalue weighted by Crippen LogP contribution is 2.38. The van der Waals surface area contributed by atoms with Gasteiger partial charge in [0.1, 0.15) is 6.04 Å². The highest BCUT2D eigenvalue weighted by Gasteiger charge is 2.35. The van der Waals surface area contributed by atoms with Gasteiger partial charge in [-0.1, -0.05) is 6.07 Å². The van der Waals surface area contributed by atoms with Gasteiger partial charge in [-0.05, 0) is 30.5 Å². The Hall–Kier alpha value is -1.18. The van der Waals surface area contributed by atoms with E-state index in [1.54, 1.807) is 22.7 Å². The highest BCUT2D eigenvalue weighted by atomic mass is 32.2. The van der Waals surface area contributed by atoms with Gasteiger partial charge in [-0.15, -0.1) is 22.7 Å². The van der Waals surface area contributed by atoms with Crippen LogP contribution in [-0.2, 0) is 10.0 Å². The van der Waals surface area contributed by atoms with Crippen LogP contribution >= 0.6 is 22.7 Å². The molecule has 2 aromatic heterocycles. The second-order valence-corrected chi connectivity index (χ2v) is 8.84. The molecule has 0 saturated carbocycles. The summed E-state index contributed by atoms with van der Waals surface area (Å²) in [5, 5.41) is 6.33. The molecule has 0 fully saturated rings. The average Bonchev–Trinajstić information content (AvgIpc) is 3.06. The van der Waals surface area contributed by atoms with Crippen molar-refractivity contribution in [1.82, 2.24) is 4.41 Å².